The molecule has 2 amide bonds. The molecule has 0 fully saturated rings. The maximum absolute atomic E-state index is 12.1. The first kappa shape index (κ1) is 16.4. The summed E-state index contributed by atoms with van der Waals surface area (Å²) in [5, 5.41) is 2.38. The Hall–Kier alpha value is -2.01. The van der Waals surface area contributed by atoms with Gasteiger partial charge >= 0.3 is 0 Å². The number of amides is 2. The van der Waals surface area contributed by atoms with Crippen molar-refractivity contribution < 1.29 is 9.59 Å². The normalized spacial score (nSPS) is 10.6. The van der Waals surface area contributed by atoms with Crippen LogP contribution in [-0.4, -0.2) is 35.3 Å². The molecule has 2 aromatic rings. The summed E-state index contributed by atoms with van der Waals surface area (Å²) in [6.45, 7) is 0.587. The molecule has 0 unspecified atom stereocenters. The number of rotatable bonds is 7. The van der Waals surface area contributed by atoms with Crippen LogP contribution in [-0.2, 0) is 16.1 Å². The molecule has 0 aromatic heterocycles. The van der Waals surface area contributed by atoms with Crippen molar-refractivity contribution in [1.29, 1.82) is 0 Å². The third kappa shape index (κ3) is 4.77. The number of hydrogen-bond acceptors (Lipinski definition) is 3. The lowest BCUT2D eigenvalue weighted by Crippen LogP contribution is -2.26. The van der Waals surface area contributed by atoms with Crippen LogP contribution in [0.25, 0.3) is 10.8 Å². The zero-order valence-corrected chi connectivity index (χ0v) is 13.4. The van der Waals surface area contributed by atoms with Crippen LogP contribution in [0.3, 0.4) is 0 Å². The molecule has 0 bridgehead atoms. The standard InChI is InChI=1S/C17H20N2O2S/c1-19(17(21)8-9-22-12-16(18)20)11-13-6-7-14-4-2-3-5-15(14)10-13/h2-7,10H,8-9,11-12H2,1H3,(H2,18,20). The van der Waals surface area contributed by atoms with Gasteiger partial charge in [-0.15, -0.1) is 0 Å². The third-order valence-corrected chi connectivity index (χ3v) is 4.35. The summed E-state index contributed by atoms with van der Waals surface area (Å²) in [5.41, 5.74) is 6.17. The van der Waals surface area contributed by atoms with E-state index in [4.69, 9.17) is 5.73 Å². The van der Waals surface area contributed by atoms with E-state index in [1.165, 1.54) is 22.5 Å². The van der Waals surface area contributed by atoms with Crippen LogP contribution in [0.4, 0.5) is 0 Å². The number of carbonyl (C=O) groups is 2. The molecule has 2 N–H and O–H groups in total. The summed E-state index contributed by atoms with van der Waals surface area (Å²) < 4.78 is 0. The molecule has 0 atom stereocenters. The quantitative estimate of drug-likeness (QED) is 0.798. The molecule has 4 nitrogen and oxygen atoms in total. The van der Waals surface area contributed by atoms with E-state index in [9.17, 15) is 9.59 Å². The van der Waals surface area contributed by atoms with Crippen molar-refractivity contribution in [1.82, 2.24) is 4.90 Å². The first-order valence-corrected chi connectivity index (χ1v) is 8.29. The second-order valence-electron chi connectivity index (χ2n) is 5.20. The number of nitrogens with two attached hydrogens (primary N) is 1. The van der Waals surface area contributed by atoms with Crippen LogP contribution in [0, 0.1) is 0 Å². The molecule has 0 heterocycles. The molecule has 2 rings (SSSR count). The number of carbonyl (C=O) groups excluding carboxylic acids is 2. The average molecular weight is 316 g/mol. The van der Waals surface area contributed by atoms with Crippen LogP contribution in [0.1, 0.15) is 12.0 Å². The molecular weight excluding hydrogens is 296 g/mol. The van der Waals surface area contributed by atoms with E-state index in [1.54, 1.807) is 11.9 Å². The highest BCUT2D eigenvalue weighted by atomic mass is 32.2. The lowest BCUT2D eigenvalue weighted by atomic mass is 10.1. The predicted molar refractivity (Wildman–Crippen MR) is 91.6 cm³/mol. The fourth-order valence-electron chi connectivity index (χ4n) is 2.22. The maximum Gasteiger partial charge on any atom is 0.227 e. The average Bonchev–Trinajstić information content (AvgIpc) is 2.51. The Morgan fingerprint density at radius 1 is 1.14 bits per heavy atom. The van der Waals surface area contributed by atoms with Gasteiger partial charge in [0.2, 0.25) is 11.8 Å². The van der Waals surface area contributed by atoms with E-state index in [2.05, 4.69) is 24.3 Å². The summed E-state index contributed by atoms with van der Waals surface area (Å²) in [5.74, 6) is 0.609. The molecule has 0 aliphatic carbocycles. The largest absolute Gasteiger partial charge is 0.369 e. The van der Waals surface area contributed by atoms with Gasteiger partial charge in [0.05, 0.1) is 5.75 Å². The molecule has 5 heteroatoms. The van der Waals surface area contributed by atoms with Crippen molar-refractivity contribution in [2.45, 2.75) is 13.0 Å². The van der Waals surface area contributed by atoms with Gasteiger partial charge in [-0.1, -0.05) is 36.4 Å². The fraction of sp³-hybridized carbons (Fsp3) is 0.294. The second-order valence-corrected chi connectivity index (χ2v) is 6.31. The summed E-state index contributed by atoms with van der Waals surface area (Å²) in [6, 6.07) is 14.4. The Balaban J connectivity index is 1.88. The van der Waals surface area contributed by atoms with Gasteiger partial charge in [0.25, 0.3) is 0 Å². The van der Waals surface area contributed by atoms with Gasteiger partial charge in [-0.3, -0.25) is 9.59 Å². The van der Waals surface area contributed by atoms with Crippen LogP contribution in [0.2, 0.25) is 0 Å². The van der Waals surface area contributed by atoms with E-state index in [0.717, 1.165) is 5.56 Å². The van der Waals surface area contributed by atoms with Gasteiger partial charge in [0, 0.05) is 25.8 Å². The van der Waals surface area contributed by atoms with Crippen molar-refractivity contribution in [2.75, 3.05) is 18.6 Å². The highest BCUT2D eigenvalue weighted by molar-refractivity contribution is 7.99. The number of benzene rings is 2. The molecule has 0 aliphatic heterocycles. The fourth-order valence-corrected chi connectivity index (χ4v) is 2.89. The predicted octanol–water partition coefficient (Wildman–Crippen LogP) is 2.41. The molecule has 0 radical (unpaired) electrons. The first-order chi connectivity index (χ1) is 10.6. The maximum atomic E-state index is 12.1. The molecule has 0 saturated carbocycles. The van der Waals surface area contributed by atoms with Gasteiger partial charge in [-0.25, -0.2) is 0 Å². The highest BCUT2D eigenvalue weighted by Gasteiger charge is 2.09. The van der Waals surface area contributed by atoms with E-state index < -0.39 is 0 Å². The summed E-state index contributed by atoms with van der Waals surface area (Å²) >= 11 is 1.39. The van der Waals surface area contributed by atoms with Crippen molar-refractivity contribution >= 4 is 34.3 Å². The van der Waals surface area contributed by atoms with Gasteiger partial charge in [0.1, 0.15) is 0 Å². The minimum Gasteiger partial charge on any atom is -0.369 e. The van der Waals surface area contributed by atoms with Crippen LogP contribution in [0.15, 0.2) is 42.5 Å². The minimum atomic E-state index is -0.345. The smallest absolute Gasteiger partial charge is 0.227 e. The van der Waals surface area contributed by atoms with Crippen LogP contribution < -0.4 is 5.73 Å². The molecule has 0 saturated heterocycles. The molecular formula is C17H20N2O2S. The van der Waals surface area contributed by atoms with Gasteiger partial charge in [-0.05, 0) is 22.4 Å². The van der Waals surface area contributed by atoms with Crippen molar-refractivity contribution in [2.24, 2.45) is 5.73 Å². The Labute approximate surface area is 134 Å². The van der Waals surface area contributed by atoms with Gasteiger partial charge < -0.3 is 10.6 Å². The number of primary amides is 1. The first-order valence-electron chi connectivity index (χ1n) is 7.14. The topological polar surface area (TPSA) is 63.4 Å². The lowest BCUT2D eigenvalue weighted by Gasteiger charge is -2.17. The van der Waals surface area contributed by atoms with Crippen LogP contribution in [0.5, 0.6) is 0 Å². The summed E-state index contributed by atoms with van der Waals surface area (Å²) in [6.07, 6.45) is 0.419. The number of fused-ring (bicyclic) bond motifs is 1. The Kier molecular flexibility index (Phi) is 5.83. The van der Waals surface area contributed by atoms with E-state index in [-0.39, 0.29) is 17.6 Å². The van der Waals surface area contributed by atoms with Gasteiger partial charge in [0.15, 0.2) is 0 Å². The molecule has 2 aromatic carbocycles. The Bertz CT molecular complexity index is 673. The molecule has 22 heavy (non-hydrogen) atoms. The Morgan fingerprint density at radius 3 is 2.59 bits per heavy atom. The number of thioether (sulfide) groups is 1. The Morgan fingerprint density at radius 2 is 1.86 bits per heavy atom. The van der Waals surface area contributed by atoms with E-state index in [0.29, 0.717) is 18.7 Å². The van der Waals surface area contributed by atoms with Gasteiger partial charge in [-0.2, -0.15) is 11.8 Å². The lowest BCUT2D eigenvalue weighted by molar-refractivity contribution is -0.130. The molecule has 0 aliphatic rings. The molecule has 116 valence electrons. The van der Waals surface area contributed by atoms with Crippen LogP contribution >= 0.6 is 11.8 Å². The molecule has 0 spiro atoms. The van der Waals surface area contributed by atoms with Crippen molar-refractivity contribution in [3.8, 4) is 0 Å². The highest BCUT2D eigenvalue weighted by Crippen LogP contribution is 2.17. The SMILES string of the molecule is CN(Cc1ccc2ccccc2c1)C(=O)CCSCC(N)=O. The minimum absolute atomic E-state index is 0.0742. The second kappa shape index (κ2) is 7.84. The third-order valence-electron chi connectivity index (χ3n) is 3.36. The number of nitrogens with zero attached hydrogens (tertiary/aromatic N) is 1. The van der Waals surface area contributed by atoms with E-state index >= 15 is 0 Å². The van der Waals surface area contributed by atoms with Crippen molar-refractivity contribution in [3.63, 3.8) is 0 Å². The summed E-state index contributed by atoms with van der Waals surface area (Å²) in [4.78, 5) is 24.4. The zero-order chi connectivity index (χ0) is 15.9. The zero-order valence-electron chi connectivity index (χ0n) is 12.6. The van der Waals surface area contributed by atoms with E-state index in [1.807, 2.05) is 18.2 Å². The summed E-state index contributed by atoms with van der Waals surface area (Å²) in [7, 11) is 1.80. The van der Waals surface area contributed by atoms with Crippen molar-refractivity contribution in [3.05, 3.63) is 48.0 Å². The monoisotopic (exact) mass is 316 g/mol. The number of hydrogen-bond donors (Lipinski definition) is 1.